The van der Waals surface area contributed by atoms with E-state index in [4.69, 9.17) is 5.11 Å². The molecule has 0 radical (unpaired) electrons. The fourth-order valence-electron chi connectivity index (χ4n) is 2.93. The molecule has 1 N–H and O–H groups in total. The number of nitrogens with zero attached hydrogens (tertiary/aromatic N) is 5. The van der Waals surface area contributed by atoms with Crippen molar-refractivity contribution in [1.29, 1.82) is 0 Å². The number of hydrogen-bond acceptors (Lipinski definition) is 7. The first-order valence-corrected chi connectivity index (χ1v) is 8.60. The average Bonchev–Trinajstić information content (AvgIpc) is 3.22. The molecule has 2 aliphatic rings. The van der Waals surface area contributed by atoms with Gasteiger partial charge in [-0.2, -0.15) is 0 Å². The largest absolute Gasteiger partial charge is 0.465 e. The van der Waals surface area contributed by atoms with Gasteiger partial charge in [0, 0.05) is 37.5 Å². The molecule has 0 saturated carbocycles. The molecule has 2 aromatic rings. The van der Waals surface area contributed by atoms with Crippen LogP contribution in [0.15, 0.2) is 12.4 Å². The summed E-state index contributed by atoms with van der Waals surface area (Å²) in [6.07, 6.45) is 1.96. The van der Waals surface area contributed by atoms with E-state index in [1.165, 1.54) is 0 Å². The molecule has 1 atom stereocenters. The molecule has 1 fully saturated rings. The quantitative estimate of drug-likeness (QED) is 0.869. The molecule has 1 saturated heterocycles. The number of carbonyl (C=O) groups excluding carboxylic acids is 1. The smallest absolute Gasteiger partial charge is 0.414 e. The Bertz CT molecular complexity index is 840. The Labute approximate surface area is 145 Å². The van der Waals surface area contributed by atoms with E-state index < -0.39 is 18.2 Å². The Morgan fingerprint density at radius 1 is 1.32 bits per heavy atom. The highest BCUT2D eigenvalue weighted by Gasteiger charge is 2.32. The van der Waals surface area contributed by atoms with E-state index in [2.05, 4.69) is 15.0 Å². The molecule has 0 aliphatic carbocycles. The summed E-state index contributed by atoms with van der Waals surface area (Å²) >= 11 is 1.14. The van der Waals surface area contributed by atoms with Crippen molar-refractivity contribution in [1.82, 2.24) is 19.9 Å². The zero-order valence-electron chi connectivity index (χ0n) is 13.1. The molecule has 0 bridgehead atoms. The normalized spacial score (nSPS) is 20.0. The number of thiazole rings is 1. The Morgan fingerprint density at radius 3 is 2.72 bits per heavy atom. The molecule has 8 nitrogen and oxygen atoms in total. The number of amides is 2. The molecule has 2 amide bonds. The molecular weight excluding hydrogens is 349 g/mol. The highest BCUT2D eigenvalue weighted by Crippen LogP contribution is 2.31. The van der Waals surface area contributed by atoms with Gasteiger partial charge in [-0.3, -0.25) is 4.79 Å². The third kappa shape index (κ3) is 2.82. The zero-order chi connectivity index (χ0) is 17.6. The van der Waals surface area contributed by atoms with Gasteiger partial charge in [-0.25, -0.2) is 29.0 Å². The van der Waals surface area contributed by atoms with Crippen molar-refractivity contribution in [3.05, 3.63) is 23.0 Å². The molecule has 10 heteroatoms. The lowest BCUT2D eigenvalue weighted by Gasteiger charge is -2.20. The van der Waals surface area contributed by atoms with Crippen LogP contribution in [0.5, 0.6) is 0 Å². The van der Waals surface area contributed by atoms with E-state index in [9.17, 15) is 14.0 Å². The summed E-state index contributed by atoms with van der Waals surface area (Å²) in [5.74, 6) is -0.0700. The van der Waals surface area contributed by atoms with Gasteiger partial charge in [-0.15, -0.1) is 11.3 Å². The van der Waals surface area contributed by atoms with Crippen LogP contribution >= 0.6 is 11.3 Å². The second kappa shape index (κ2) is 6.03. The first-order chi connectivity index (χ1) is 12.0. The van der Waals surface area contributed by atoms with Gasteiger partial charge in [0.05, 0.1) is 12.2 Å². The minimum absolute atomic E-state index is 0.110. The molecule has 0 spiro atoms. The number of hydrogen-bond donors (Lipinski definition) is 1. The zero-order valence-corrected chi connectivity index (χ0v) is 13.9. The van der Waals surface area contributed by atoms with E-state index in [0.29, 0.717) is 53.0 Å². The van der Waals surface area contributed by atoms with Crippen molar-refractivity contribution in [2.24, 2.45) is 0 Å². The molecule has 2 aromatic heterocycles. The number of rotatable bonds is 2. The summed E-state index contributed by atoms with van der Waals surface area (Å²) in [6.45, 7) is 0.995. The van der Waals surface area contributed by atoms with Crippen LogP contribution in [0.1, 0.15) is 21.8 Å². The van der Waals surface area contributed by atoms with Gasteiger partial charge in [0.25, 0.3) is 5.91 Å². The van der Waals surface area contributed by atoms with Gasteiger partial charge in [0.15, 0.2) is 0 Å². The Kier molecular flexibility index (Phi) is 3.83. The van der Waals surface area contributed by atoms with E-state index in [-0.39, 0.29) is 6.54 Å². The van der Waals surface area contributed by atoms with Crippen LogP contribution in [-0.4, -0.2) is 62.8 Å². The molecule has 130 valence electrons. The SMILES string of the molecule is O=C(O)N1CCc2nc(-c3cnc(N4CC[C@H](F)C4)nc3)sc2C1=O. The van der Waals surface area contributed by atoms with Gasteiger partial charge in [-0.05, 0) is 6.42 Å². The van der Waals surface area contributed by atoms with Gasteiger partial charge >= 0.3 is 6.09 Å². The van der Waals surface area contributed by atoms with Crippen molar-refractivity contribution >= 4 is 29.3 Å². The van der Waals surface area contributed by atoms with Crippen molar-refractivity contribution in [2.45, 2.75) is 19.0 Å². The molecule has 4 rings (SSSR count). The Morgan fingerprint density at radius 2 is 2.08 bits per heavy atom. The summed E-state index contributed by atoms with van der Waals surface area (Å²) in [6, 6.07) is 0. The minimum atomic E-state index is -1.25. The summed E-state index contributed by atoms with van der Waals surface area (Å²) in [7, 11) is 0. The standard InChI is InChI=1S/C15H14FN5O3S/c16-9-1-3-20(7-9)14-17-5-8(6-18-14)12-19-10-2-4-21(15(23)24)13(22)11(10)25-12/h5-6,9H,1-4,7H2,(H,23,24)/t9-/m0/s1. The first kappa shape index (κ1) is 15.9. The van der Waals surface area contributed by atoms with E-state index >= 15 is 0 Å². The van der Waals surface area contributed by atoms with Crippen LogP contribution in [0.25, 0.3) is 10.6 Å². The lowest BCUT2D eigenvalue weighted by Crippen LogP contribution is -2.40. The number of halogens is 1. The van der Waals surface area contributed by atoms with Crippen molar-refractivity contribution in [3.8, 4) is 10.6 Å². The number of anilines is 1. The Balaban J connectivity index is 1.58. The fourth-order valence-corrected chi connectivity index (χ4v) is 3.97. The number of carbonyl (C=O) groups is 2. The van der Waals surface area contributed by atoms with Gasteiger partial charge in [0.1, 0.15) is 16.1 Å². The third-order valence-electron chi connectivity index (χ3n) is 4.24. The molecular formula is C15H14FN5O3S. The van der Waals surface area contributed by atoms with Crippen LogP contribution < -0.4 is 4.90 Å². The number of fused-ring (bicyclic) bond motifs is 1. The highest BCUT2D eigenvalue weighted by molar-refractivity contribution is 7.17. The second-order valence-corrected chi connectivity index (χ2v) is 6.89. The van der Waals surface area contributed by atoms with Crippen LogP contribution in [0, 0.1) is 0 Å². The molecule has 0 aromatic carbocycles. The summed E-state index contributed by atoms with van der Waals surface area (Å²) in [5, 5.41) is 9.62. The number of carboxylic acid groups (broad SMARTS) is 1. The van der Waals surface area contributed by atoms with Crippen molar-refractivity contribution in [2.75, 3.05) is 24.5 Å². The van der Waals surface area contributed by atoms with E-state index in [1.54, 1.807) is 17.3 Å². The highest BCUT2D eigenvalue weighted by atomic mass is 32.1. The topological polar surface area (TPSA) is 99.5 Å². The first-order valence-electron chi connectivity index (χ1n) is 7.79. The number of alkyl halides is 1. The van der Waals surface area contributed by atoms with Gasteiger partial charge < -0.3 is 10.0 Å². The Hall–Kier alpha value is -2.62. The van der Waals surface area contributed by atoms with Crippen LogP contribution in [0.4, 0.5) is 15.1 Å². The average molecular weight is 363 g/mol. The second-order valence-electron chi connectivity index (χ2n) is 5.89. The lowest BCUT2D eigenvalue weighted by atomic mass is 10.2. The van der Waals surface area contributed by atoms with Gasteiger partial charge in [0.2, 0.25) is 5.95 Å². The maximum absolute atomic E-state index is 13.3. The van der Waals surface area contributed by atoms with E-state index in [1.807, 2.05) is 0 Å². The van der Waals surface area contributed by atoms with Gasteiger partial charge in [-0.1, -0.05) is 0 Å². The fraction of sp³-hybridized carbons (Fsp3) is 0.400. The third-order valence-corrected chi connectivity index (χ3v) is 5.37. The molecule has 0 unspecified atom stereocenters. The summed E-state index contributed by atoms with van der Waals surface area (Å²) in [4.78, 5) is 39.2. The predicted octanol–water partition coefficient (Wildman–Crippen LogP) is 1.82. The maximum atomic E-state index is 13.3. The summed E-state index contributed by atoms with van der Waals surface area (Å²) in [5.41, 5.74) is 1.25. The molecule has 2 aliphatic heterocycles. The predicted molar refractivity (Wildman–Crippen MR) is 87.6 cm³/mol. The van der Waals surface area contributed by atoms with E-state index in [0.717, 1.165) is 16.2 Å². The molecule has 25 heavy (non-hydrogen) atoms. The number of imide groups is 1. The maximum Gasteiger partial charge on any atom is 0.414 e. The summed E-state index contributed by atoms with van der Waals surface area (Å²) < 4.78 is 13.3. The molecule has 4 heterocycles. The lowest BCUT2D eigenvalue weighted by molar-refractivity contribution is 0.0731. The van der Waals surface area contributed by atoms with Crippen LogP contribution in [-0.2, 0) is 6.42 Å². The van der Waals surface area contributed by atoms with Crippen molar-refractivity contribution < 1.29 is 19.1 Å². The van der Waals surface area contributed by atoms with Crippen LogP contribution in [0.3, 0.4) is 0 Å². The minimum Gasteiger partial charge on any atom is -0.465 e. The monoisotopic (exact) mass is 363 g/mol. The van der Waals surface area contributed by atoms with Crippen LogP contribution in [0.2, 0.25) is 0 Å². The van der Waals surface area contributed by atoms with Crippen molar-refractivity contribution in [3.63, 3.8) is 0 Å². The number of aromatic nitrogens is 3.